The van der Waals surface area contributed by atoms with Crippen molar-refractivity contribution in [1.82, 2.24) is 14.5 Å². The Morgan fingerprint density at radius 2 is 1.96 bits per heavy atom. The number of allylic oxidation sites excluding steroid dienone is 1. The SMILES string of the molecule is Cn1cnc(-c2ccc(C3CC3)nc2/C=C/C(=O)C2CCC(F)(F)CC2)c1. The molecule has 2 aliphatic carbocycles. The predicted octanol–water partition coefficient (Wildman–Crippen LogP) is 4.77. The van der Waals surface area contributed by atoms with Crippen molar-refractivity contribution < 1.29 is 13.6 Å². The number of nitrogens with zero attached hydrogens (tertiary/aromatic N) is 3. The minimum absolute atomic E-state index is 0.0869. The van der Waals surface area contributed by atoms with Crippen LogP contribution >= 0.6 is 0 Å². The van der Waals surface area contributed by atoms with Gasteiger partial charge in [0.2, 0.25) is 5.92 Å². The second-order valence-corrected chi connectivity index (χ2v) is 7.73. The molecule has 0 N–H and O–H groups in total. The second kappa shape index (κ2) is 6.98. The number of halogens is 2. The van der Waals surface area contributed by atoms with Crippen molar-refractivity contribution in [2.45, 2.75) is 50.4 Å². The molecule has 2 fully saturated rings. The highest BCUT2D eigenvalue weighted by molar-refractivity contribution is 5.96. The van der Waals surface area contributed by atoms with E-state index in [0.29, 0.717) is 11.6 Å². The Hall–Kier alpha value is -2.37. The van der Waals surface area contributed by atoms with Gasteiger partial charge in [-0.05, 0) is 50.0 Å². The van der Waals surface area contributed by atoms with Gasteiger partial charge in [-0.15, -0.1) is 0 Å². The van der Waals surface area contributed by atoms with E-state index in [4.69, 9.17) is 4.98 Å². The topological polar surface area (TPSA) is 47.8 Å². The molecular formula is C21H23F2N3O. The molecule has 0 aromatic carbocycles. The molecule has 2 aliphatic rings. The van der Waals surface area contributed by atoms with E-state index in [1.54, 1.807) is 12.4 Å². The Labute approximate surface area is 157 Å². The lowest BCUT2D eigenvalue weighted by atomic mass is 9.84. The van der Waals surface area contributed by atoms with Crippen LogP contribution < -0.4 is 0 Å². The van der Waals surface area contributed by atoms with Crippen molar-refractivity contribution in [3.8, 4) is 11.3 Å². The zero-order valence-electron chi connectivity index (χ0n) is 15.4. The maximum Gasteiger partial charge on any atom is 0.248 e. The number of imidazole rings is 1. The molecule has 0 amide bonds. The molecule has 4 nitrogen and oxygen atoms in total. The number of alkyl halides is 2. The summed E-state index contributed by atoms with van der Waals surface area (Å²) in [6.07, 6.45) is 9.27. The summed E-state index contributed by atoms with van der Waals surface area (Å²) in [5, 5.41) is 0. The molecule has 0 aliphatic heterocycles. The van der Waals surface area contributed by atoms with E-state index in [1.807, 2.05) is 29.9 Å². The fraction of sp³-hybridized carbons (Fsp3) is 0.476. The molecule has 27 heavy (non-hydrogen) atoms. The molecule has 0 atom stereocenters. The minimum Gasteiger partial charge on any atom is -0.340 e. The Balaban J connectivity index is 1.57. The summed E-state index contributed by atoms with van der Waals surface area (Å²) >= 11 is 0. The van der Waals surface area contributed by atoms with E-state index in [9.17, 15) is 13.6 Å². The molecule has 4 rings (SSSR count). The van der Waals surface area contributed by atoms with Gasteiger partial charge in [0.25, 0.3) is 0 Å². The summed E-state index contributed by atoms with van der Waals surface area (Å²) < 4.78 is 28.5. The fourth-order valence-electron chi connectivity index (χ4n) is 3.61. The summed E-state index contributed by atoms with van der Waals surface area (Å²) in [4.78, 5) is 21.6. The lowest BCUT2D eigenvalue weighted by molar-refractivity contribution is -0.122. The largest absolute Gasteiger partial charge is 0.340 e. The molecule has 0 spiro atoms. The first-order chi connectivity index (χ1) is 12.9. The number of hydrogen-bond donors (Lipinski definition) is 0. The number of carbonyl (C=O) groups is 1. The van der Waals surface area contributed by atoms with Gasteiger partial charge < -0.3 is 4.57 Å². The Bertz CT molecular complexity index is 873. The Morgan fingerprint density at radius 1 is 1.22 bits per heavy atom. The fourth-order valence-corrected chi connectivity index (χ4v) is 3.61. The van der Waals surface area contributed by atoms with E-state index in [-0.39, 0.29) is 37.4 Å². The number of hydrogen-bond acceptors (Lipinski definition) is 3. The van der Waals surface area contributed by atoms with E-state index >= 15 is 0 Å². The molecular weight excluding hydrogens is 348 g/mol. The van der Waals surface area contributed by atoms with Gasteiger partial charge >= 0.3 is 0 Å². The Morgan fingerprint density at radius 3 is 2.59 bits per heavy atom. The average Bonchev–Trinajstić information content (AvgIpc) is 3.41. The first kappa shape index (κ1) is 18.0. The molecule has 2 heterocycles. The van der Waals surface area contributed by atoms with Gasteiger partial charge in [-0.1, -0.05) is 0 Å². The lowest BCUT2D eigenvalue weighted by Gasteiger charge is -2.26. The van der Waals surface area contributed by atoms with E-state index in [1.165, 1.54) is 6.08 Å². The van der Waals surface area contributed by atoms with Crippen LogP contribution in [0.25, 0.3) is 17.3 Å². The van der Waals surface area contributed by atoms with Gasteiger partial charge in [0.1, 0.15) is 0 Å². The number of ketones is 1. The van der Waals surface area contributed by atoms with Crippen molar-refractivity contribution >= 4 is 11.9 Å². The number of rotatable bonds is 5. The lowest BCUT2D eigenvalue weighted by Crippen LogP contribution is -2.27. The molecule has 0 saturated heterocycles. The second-order valence-electron chi connectivity index (χ2n) is 7.73. The van der Waals surface area contributed by atoms with Crippen LogP contribution in [0.2, 0.25) is 0 Å². The normalized spacial score (nSPS) is 20.3. The number of pyridine rings is 1. The molecule has 0 radical (unpaired) electrons. The van der Waals surface area contributed by atoms with Crippen LogP contribution in [-0.2, 0) is 11.8 Å². The van der Waals surface area contributed by atoms with Gasteiger partial charge in [0, 0.05) is 49.2 Å². The smallest absolute Gasteiger partial charge is 0.248 e. The molecule has 2 saturated carbocycles. The van der Waals surface area contributed by atoms with Crippen LogP contribution in [0.5, 0.6) is 0 Å². The van der Waals surface area contributed by atoms with E-state index in [2.05, 4.69) is 4.98 Å². The average molecular weight is 371 g/mol. The quantitative estimate of drug-likeness (QED) is 0.712. The van der Waals surface area contributed by atoms with Crippen LogP contribution in [0.1, 0.15) is 55.8 Å². The molecule has 142 valence electrons. The molecule has 2 aromatic heterocycles. The summed E-state index contributed by atoms with van der Waals surface area (Å²) in [5.74, 6) is -2.51. The van der Waals surface area contributed by atoms with Crippen LogP contribution in [0, 0.1) is 5.92 Å². The van der Waals surface area contributed by atoms with Crippen molar-refractivity contribution in [3.05, 3.63) is 42.1 Å². The highest BCUT2D eigenvalue weighted by Gasteiger charge is 2.36. The third kappa shape index (κ3) is 4.15. The van der Waals surface area contributed by atoms with Crippen molar-refractivity contribution in [2.24, 2.45) is 13.0 Å². The van der Waals surface area contributed by atoms with Gasteiger partial charge in [-0.25, -0.2) is 13.8 Å². The predicted molar refractivity (Wildman–Crippen MR) is 99.4 cm³/mol. The molecule has 6 heteroatoms. The van der Waals surface area contributed by atoms with Crippen LogP contribution in [0.15, 0.2) is 30.7 Å². The number of carbonyl (C=O) groups excluding carboxylic acids is 1. The summed E-state index contributed by atoms with van der Waals surface area (Å²) in [6.45, 7) is 0. The first-order valence-corrected chi connectivity index (χ1v) is 9.50. The first-order valence-electron chi connectivity index (χ1n) is 9.50. The highest BCUT2D eigenvalue weighted by atomic mass is 19.3. The summed E-state index contributed by atoms with van der Waals surface area (Å²) in [7, 11) is 1.90. The van der Waals surface area contributed by atoms with Gasteiger partial charge in [0.15, 0.2) is 5.78 Å². The van der Waals surface area contributed by atoms with Crippen molar-refractivity contribution in [2.75, 3.05) is 0 Å². The van der Waals surface area contributed by atoms with Crippen LogP contribution in [-0.4, -0.2) is 26.2 Å². The summed E-state index contributed by atoms with van der Waals surface area (Å²) in [5.41, 5.74) is 3.43. The van der Waals surface area contributed by atoms with Gasteiger partial charge in [0.05, 0.1) is 17.7 Å². The minimum atomic E-state index is -2.62. The number of aromatic nitrogens is 3. The van der Waals surface area contributed by atoms with Crippen molar-refractivity contribution in [3.63, 3.8) is 0 Å². The highest BCUT2D eigenvalue weighted by Crippen LogP contribution is 2.40. The van der Waals surface area contributed by atoms with Crippen molar-refractivity contribution in [1.29, 1.82) is 0 Å². The Kier molecular flexibility index (Phi) is 4.66. The van der Waals surface area contributed by atoms with E-state index < -0.39 is 5.92 Å². The third-order valence-electron chi connectivity index (χ3n) is 5.45. The number of aryl methyl sites for hydroxylation is 1. The maximum atomic E-state index is 13.3. The molecule has 0 bridgehead atoms. The maximum absolute atomic E-state index is 13.3. The van der Waals surface area contributed by atoms with E-state index in [0.717, 1.165) is 29.8 Å². The van der Waals surface area contributed by atoms with Crippen LogP contribution in [0.3, 0.4) is 0 Å². The standard InChI is InChI=1S/C21H23F2N3O/c1-26-12-19(24-13-26)16-4-5-17(14-2-3-14)25-18(16)6-7-20(27)15-8-10-21(22,23)11-9-15/h4-7,12-15H,2-3,8-11H2,1H3/b7-6+. The summed E-state index contributed by atoms with van der Waals surface area (Å²) in [6, 6.07) is 4.04. The monoisotopic (exact) mass is 371 g/mol. The van der Waals surface area contributed by atoms with Crippen LogP contribution in [0.4, 0.5) is 8.78 Å². The third-order valence-corrected chi connectivity index (χ3v) is 5.45. The zero-order chi connectivity index (χ0) is 19.0. The zero-order valence-corrected chi connectivity index (χ0v) is 15.4. The molecule has 2 aromatic rings. The van der Waals surface area contributed by atoms with Gasteiger partial charge in [-0.3, -0.25) is 9.78 Å². The molecule has 0 unspecified atom stereocenters. The van der Waals surface area contributed by atoms with Gasteiger partial charge in [-0.2, -0.15) is 0 Å².